The molecule has 39 heavy (non-hydrogen) atoms. The number of aromatic nitrogens is 2. The lowest BCUT2D eigenvalue weighted by Crippen LogP contribution is -2.50. The summed E-state index contributed by atoms with van der Waals surface area (Å²) in [6.45, 7) is 0.934. The third-order valence-electron chi connectivity index (χ3n) is 6.33. The molecule has 1 fully saturated rings. The molecule has 11 heteroatoms. The Morgan fingerprint density at radius 2 is 1.56 bits per heavy atom. The first-order valence-corrected chi connectivity index (χ1v) is 13.9. The molecule has 2 heterocycles. The van der Waals surface area contributed by atoms with Crippen molar-refractivity contribution in [2.24, 2.45) is 0 Å². The molecule has 1 aliphatic heterocycles. The summed E-state index contributed by atoms with van der Waals surface area (Å²) in [6.07, 6.45) is 1.67. The van der Waals surface area contributed by atoms with Crippen LogP contribution in [0.25, 0.3) is 11.3 Å². The van der Waals surface area contributed by atoms with Gasteiger partial charge >= 0.3 is 0 Å². The molecule has 4 aromatic rings. The van der Waals surface area contributed by atoms with E-state index >= 15 is 0 Å². The Morgan fingerprint density at radius 1 is 0.897 bits per heavy atom. The molecule has 1 amide bonds. The number of benzene rings is 3. The van der Waals surface area contributed by atoms with E-state index in [1.54, 1.807) is 47.5 Å². The van der Waals surface area contributed by atoms with Crippen LogP contribution in [0.3, 0.4) is 0 Å². The first kappa shape index (κ1) is 26.3. The lowest BCUT2D eigenvalue weighted by atomic mass is 10.1. The second-order valence-corrected chi connectivity index (χ2v) is 11.2. The third-order valence-corrected chi connectivity index (χ3v) is 8.50. The summed E-state index contributed by atoms with van der Waals surface area (Å²) in [5.41, 5.74) is 3.27. The van der Waals surface area contributed by atoms with Crippen LogP contribution < -0.4 is 5.32 Å². The summed E-state index contributed by atoms with van der Waals surface area (Å²) in [4.78, 5) is 23.7. The fourth-order valence-electron chi connectivity index (χ4n) is 4.19. The number of piperazine rings is 1. The van der Waals surface area contributed by atoms with Gasteiger partial charge in [0.15, 0.2) is 0 Å². The summed E-state index contributed by atoms with van der Waals surface area (Å²) >= 11 is 5.97. The van der Waals surface area contributed by atoms with Gasteiger partial charge in [-0.1, -0.05) is 23.7 Å². The molecule has 3 aromatic carbocycles. The van der Waals surface area contributed by atoms with E-state index in [0.717, 1.165) is 16.9 Å². The second kappa shape index (κ2) is 11.2. The zero-order chi connectivity index (χ0) is 27.4. The van der Waals surface area contributed by atoms with Crippen LogP contribution in [0.1, 0.15) is 15.9 Å². The van der Waals surface area contributed by atoms with E-state index in [4.69, 9.17) is 16.9 Å². The number of nitrogens with zero attached hydrogens (tertiary/aromatic N) is 5. The molecule has 196 valence electrons. The molecule has 5 rings (SSSR count). The van der Waals surface area contributed by atoms with E-state index in [0.29, 0.717) is 22.1 Å². The number of rotatable bonds is 6. The van der Waals surface area contributed by atoms with Crippen molar-refractivity contribution in [3.63, 3.8) is 0 Å². The van der Waals surface area contributed by atoms with E-state index in [-0.39, 0.29) is 37.0 Å². The number of hydrogen-bond donors (Lipinski definition) is 1. The van der Waals surface area contributed by atoms with Crippen molar-refractivity contribution >= 4 is 39.2 Å². The van der Waals surface area contributed by atoms with Crippen LogP contribution in [0.15, 0.2) is 90.0 Å². The molecule has 0 atom stereocenters. The average Bonchev–Trinajstić information content (AvgIpc) is 2.98. The summed E-state index contributed by atoms with van der Waals surface area (Å²) in [6, 6.07) is 24.0. The highest BCUT2D eigenvalue weighted by Crippen LogP contribution is 2.23. The molecular weight excluding hydrogens is 536 g/mol. The molecule has 0 saturated carbocycles. The maximum Gasteiger partial charge on any atom is 0.253 e. The number of amides is 1. The summed E-state index contributed by atoms with van der Waals surface area (Å²) in [5.74, 6) is 0.249. The molecule has 1 N–H and O–H groups in total. The molecule has 0 spiro atoms. The minimum atomic E-state index is -3.70. The highest BCUT2D eigenvalue weighted by atomic mass is 35.5. The first-order valence-electron chi connectivity index (χ1n) is 12.1. The predicted octanol–water partition coefficient (Wildman–Crippen LogP) is 4.56. The molecule has 0 bridgehead atoms. The zero-order valence-electron chi connectivity index (χ0n) is 20.7. The Hall–Kier alpha value is -4.30. The number of nitrogens with one attached hydrogen (secondary N) is 1. The molecule has 9 nitrogen and oxygen atoms in total. The molecule has 1 aliphatic rings. The number of carbonyl (C=O) groups excluding carboxylic acids is 1. The number of anilines is 2. The van der Waals surface area contributed by atoms with E-state index in [1.165, 1.54) is 28.6 Å². The van der Waals surface area contributed by atoms with Gasteiger partial charge in [0, 0.05) is 54.2 Å². The Labute approximate surface area is 231 Å². The van der Waals surface area contributed by atoms with Crippen molar-refractivity contribution < 1.29 is 13.2 Å². The van der Waals surface area contributed by atoms with Crippen LogP contribution in [0.4, 0.5) is 11.6 Å². The van der Waals surface area contributed by atoms with Crippen molar-refractivity contribution in [2.45, 2.75) is 4.90 Å². The van der Waals surface area contributed by atoms with E-state index in [2.05, 4.69) is 15.3 Å². The first-order chi connectivity index (χ1) is 18.8. The van der Waals surface area contributed by atoms with E-state index < -0.39 is 10.0 Å². The van der Waals surface area contributed by atoms with Gasteiger partial charge in [0.05, 0.1) is 22.2 Å². The molecule has 0 aliphatic carbocycles. The molecule has 0 unspecified atom stereocenters. The van der Waals surface area contributed by atoms with Gasteiger partial charge in [-0.3, -0.25) is 4.79 Å². The van der Waals surface area contributed by atoms with E-state index in [1.807, 2.05) is 24.3 Å². The lowest BCUT2D eigenvalue weighted by Gasteiger charge is -2.34. The average molecular weight is 559 g/mol. The monoisotopic (exact) mass is 558 g/mol. The number of carbonyl (C=O) groups is 1. The fourth-order valence-corrected chi connectivity index (χ4v) is 5.74. The topological polar surface area (TPSA) is 119 Å². The van der Waals surface area contributed by atoms with Gasteiger partial charge in [0.25, 0.3) is 5.91 Å². The van der Waals surface area contributed by atoms with Crippen LogP contribution in [0.5, 0.6) is 0 Å². The van der Waals surface area contributed by atoms with Gasteiger partial charge in [0.2, 0.25) is 16.0 Å². The van der Waals surface area contributed by atoms with Crippen LogP contribution >= 0.6 is 11.6 Å². The summed E-state index contributed by atoms with van der Waals surface area (Å²) in [7, 11) is -3.70. The second-order valence-electron chi connectivity index (χ2n) is 8.81. The van der Waals surface area contributed by atoms with Crippen LogP contribution in [-0.4, -0.2) is 59.7 Å². The number of nitriles is 1. The molecular formula is C28H23ClN6O3S. The minimum Gasteiger partial charge on any atom is -0.336 e. The van der Waals surface area contributed by atoms with Gasteiger partial charge in [0.1, 0.15) is 0 Å². The van der Waals surface area contributed by atoms with Crippen molar-refractivity contribution in [3.05, 3.63) is 101 Å². The highest BCUT2D eigenvalue weighted by Gasteiger charge is 2.30. The maximum absolute atomic E-state index is 13.1. The molecule has 1 aromatic heterocycles. The van der Waals surface area contributed by atoms with Crippen molar-refractivity contribution in [1.29, 1.82) is 5.26 Å². The van der Waals surface area contributed by atoms with Crippen LogP contribution in [-0.2, 0) is 10.0 Å². The standard InChI is InChI=1S/C28H23ClN6O3S/c29-23-7-3-21(4-8-23)26-13-14-31-28(33-26)32-24-9-5-22(6-10-24)27(36)34-15-17-35(18-16-34)39(37,38)25-11-1-20(19-30)2-12-25/h1-14H,15-18H2,(H,31,32,33). The number of hydrogen-bond acceptors (Lipinski definition) is 7. The van der Waals surface area contributed by atoms with Crippen molar-refractivity contribution in [1.82, 2.24) is 19.2 Å². The normalized spacial score (nSPS) is 14.0. The quantitative estimate of drug-likeness (QED) is 0.368. The van der Waals surface area contributed by atoms with Gasteiger partial charge in [-0.25, -0.2) is 18.4 Å². The number of halogens is 1. The van der Waals surface area contributed by atoms with Gasteiger partial charge < -0.3 is 10.2 Å². The Balaban J connectivity index is 1.20. The molecule has 1 saturated heterocycles. The SMILES string of the molecule is N#Cc1ccc(S(=O)(=O)N2CCN(C(=O)c3ccc(Nc4nccc(-c5ccc(Cl)cc5)n4)cc3)CC2)cc1. The van der Waals surface area contributed by atoms with Crippen molar-refractivity contribution in [3.8, 4) is 17.3 Å². The van der Waals surface area contributed by atoms with Gasteiger partial charge in [-0.15, -0.1) is 0 Å². The van der Waals surface area contributed by atoms with Crippen LogP contribution in [0, 0.1) is 11.3 Å². The smallest absolute Gasteiger partial charge is 0.253 e. The summed E-state index contributed by atoms with van der Waals surface area (Å²) in [5, 5.41) is 12.7. The third kappa shape index (κ3) is 5.91. The molecule has 0 radical (unpaired) electrons. The largest absolute Gasteiger partial charge is 0.336 e. The minimum absolute atomic E-state index is 0.132. The Bertz CT molecular complexity index is 1630. The van der Waals surface area contributed by atoms with E-state index in [9.17, 15) is 13.2 Å². The predicted molar refractivity (Wildman–Crippen MR) is 148 cm³/mol. The summed E-state index contributed by atoms with van der Waals surface area (Å²) < 4.78 is 27.3. The highest BCUT2D eigenvalue weighted by molar-refractivity contribution is 7.89. The van der Waals surface area contributed by atoms with Gasteiger partial charge in [-0.2, -0.15) is 9.57 Å². The maximum atomic E-state index is 13.1. The Kier molecular flexibility index (Phi) is 7.56. The Morgan fingerprint density at radius 3 is 2.21 bits per heavy atom. The lowest BCUT2D eigenvalue weighted by molar-refractivity contribution is 0.0698. The zero-order valence-corrected chi connectivity index (χ0v) is 22.2. The van der Waals surface area contributed by atoms with Gasteiger partial charge in [-0.05, 0) is 66.7 Å². The van der Waals surface area contributed by atoms with Crippen molar-refractivity contribution in [2.75, 3.05) is 31.5 Å². The van der Waals surface area contributed by atoms with Crippen LogP contribution in [0.2, 0.25) is 5.02 Å². The fraction of sp³-hybridized carbons (Fsp3) is 0.143. The number of sulfonamides is 1.